The van der Waals surface area contributed by atoms with Crippen molar-refractivity contribution in [2.75, 3.05) is 4.31 Å². The second kappa shape index (κ2) is 3.64. The van der Waals surface area contributed by atoms with Crippen LogP contribution in [0.15, 0.2) is 18.3 Å². The van der Waals surface area contributed by atoms with Gasteiger partial charge < -0.3 is 5.11 Å². The summed E-state index contributed by atoms with van der Waals surface area (Å²) in [4.78, 5) is 14.1. The standard InChI is InChI=1S/C6H5ClN2O2S/c7-5-2-1-4(3-8-5)9(12)6(10)11/h1-3,12H,(H,10,11). The average molecular weight is 205 g/mol. The fourth-order valence-electron chi connectivity index (χ4n) is 0.604. The van der Waals surface area contributed by atoms with Gasteiger partial charge in [-0.1, -0.05) is 24.4 Å². The highest BCUT2D eigenvalue weighted by atomic mass is 35.5. The number of carboxylic acid groups (broad SMARTS) is 1. The molecule has 0 fully saturated rings. The number of nitrogens with zero attached hydrogens (tertiary/aromatic N) is 2. The summed E-state index contributed by atoms with van der Waals surface area (Å²) in [6.45, 7) is 0. The fourth-order valence-corrected chi connectivity index (χ4v) is 0.834. The van der Waals surface area contributed by atoms with Gasteiger partial charge in [0.15, 0.2) is 0 Å². The summed E-state index contributed by atoms with van der Waals surface area (Å²) in [5.74, 6) is 0. The van der Waals surface area contributed by atoms with Crippen molar-refractivity contribution in [3.8, 4) is 0 Å². The molecule has 0 saturated carbocycles. The Hall–Kier alpha value is -0.940. The van der Waals surface area contributed by atoms with Crippen LogP contribution >= 0.6 is 24.4 Å². The molecule has 0 unspecified atom stereocenters. The average Bonchev–Trinajstić information content (AvgIpc) is 2.04. The number of rotatable bonds is 1. The van der Waals surface area contributed by atoms with E-state index in [2.05, 4.69) is 17.8 Å². The molecule has 0 saturated heterocycles. The first kappa shape index (κ1) is 9.15. The van der Waals surface area contributed by atoms with Gasteiger partial charge in [0.25, 0.3) is 0 Å². The lowest BCUT2D eigenvalue weighted by Crippen LogP contribution is -2.17. The molecule has 0 spiro atoms. The summed E-state index contributed by atoms with van der Waals surface area (Å²) in [5.41, 5.74) is 0.357. The van der Waals surface area contributed by atoms with Crippen LogP contribution in [0.2, 0.25) is 5.15 Å². The minimum absolute atomic E-state index is 0.311. The Balaban J connectivity index is 2.89. The Bertz CT molecular complexity index is 290. The van der Waals surface area contributed by atoms with Crippen LogP contribution in [-0.2, 0) is 0 Å². The fraction of sp³-hybridized carbons (Fsp3) is 0. The number of anilines is 1. The van der Waals surface area contributed by atoms with Crippen LogP contribution in [0.5, 0.6) is 0 Å². The molecule has 0 radical (unpaired) electrons. The van der Waals surface area contributed by atoms with Crippen LogP contribution in [-0.4, -0.2) is 16.2 Å². The van der Waals surface area contributed by atoms with E-state index in [0.717, 1.165) is 4.31 Å². The third kappa shape index (κ3) is 2.02. The molecule has 1 rings (SSSR count). The van der Waals surface area contributed by atoms with Gasteiger partial charge in [0.2, 0.25) is 0 Å². The van der Waals surface area contributed by atoms with E-state index in [-0.39, 0.29) is 0 Å². The van der Waals surface area contributed by atoms with E-state index >= 15 is 0 Å². The lowest BCUT2D eigenvalue weighted by molar-refractivity contribution is 0.206. The van der Waals surface area contributed by atoms with E-state index in [0.29, 0.717) is 10.8 Å². The van der Waals surface area contributed by atoms with Gasteiger partial charge in [-0.05, 0) is 12.1 Å². The molecule has 0 aliphatic rings. The Morgan fingerprint density at radius 2 is 2.33 bits per heavy atom. The van der Waals surface area contributed by atoms with E-state index < -0.39 is 6.09 Å². The van der Waals surface area contributed by atoms with Crippen molar-refractivity contribution in [3.05, 3.63) is 23.5 Å². The number of pyridine rings is 1. The molecule has 1 aromatic rings. The van der Waals surface area contributed by atoms with Gasteiger partial charge >= 0.3 is 6.09 Å². The zero-order valence-corrected chi connectivity index (χ0v) is 7.46. The molecule has 1 amide bonds. The molecule has 0 aliphatic carbocycles. The first-order valence-electron chi connectivity index (χ1n) is 2.95. The molecule has 0 aromatic carbocycles. The van der Waals surface area contributed by atoms with Gasteiger partial charge in [0, 0.05) is 0 Å². The smallest absolute Gasteiger partial charge is 0.422 e. The monoisotopic (exact) mass is 204 g/mol. The number of hydrogen-bond acceptors (Lipinski definition) is 3. The van der Waals surface area contributed by atoms with Crippen molar-refractivity contribution in [1.82, 2.24) is 4.98 Å². The van der Waals surface area contributed by atoms with Gasteiger partial charge in [-0.25, -0.2) is 14.1 Å². The maximum Gasteiger partial charge on any atom is 0.422 e. The summed E-state index contributed by atoms with van der Waals surface area (Å²) < 4.78 is 0.753. The lowest BCUT2D eigenvalue weighted by atomic mass is 10.4. The van der Waals surface area contributed by atoms with Crippen molar-refractivity contribution in [1.29, 1.82) is 0 Å². The maximum absolute atomic E-state index is 10.4. The predicted molar refractivity (Wildman–Crippen MR) is 48.7 cm³/mol. The van der Waals surface area contributed by atoms with Crippen LogP contribution in [0.25, 0.3) is 0 Å². The molecule has 0 atom stereocenters. The molecule has 0 aliphatic heterocycles. The van der Waals surface area contributed by atoms with Gasteiger partial charge in [-0.2, -0.15) is 0 Å². The number of hydrogen-bond donors (Lipinski definition) is 2. The molecule has 6 heteroatoms. The van der Waals surface area contributed by atoms with Gasteiger partial charge in [-0.15, -0.1) is 0 Å². The van der Waals surface area contributed by atoms with Crippen molar-refractivity contribution in [2.45, 2.75) is 0 Å². The van der Waals surface area contributed by atoms with Crippen LogP contribution in [0, 0.1) is 0 Å². The number of amides is 1. The van der Waals surface area contributed by atoms with Gasteiger partial charge in [0.1, 0.15) is 5.15 Å². The van der Waals surface area contributed by atoms with Crippen LogP contribution in [0.1, 0.15) is 0 Å². The van der Waals surface area contributed by atoms with E-state index in [1.165, 1.54) is 18.3 Å². The topological polar surface area (TPSA) is 53.4 Å². The summed E-state index contributed by atoms with van der Waals surface area (Å²) in [6.07, 6.45) is 0.158. The van der Waals surface area contributed by atoms with E-state index in [9.17, 15) is 4.79 Å². The SMILES string of the molecule is O=C(O)N(S)c1ccc(Cl)nc1. The minimum atomic E-state index is -1.16. The predicted octanol–water partition coefficient (Wildman–Crippen LogP) is 2.06. The minimum Gasteiger partial charge on any atom is -0.464 e. The van der Waals surface area contributed by atoms with E-state index in [1.54, 1.807) is 0 Å². The lowest BCUT2D eigenvalue weighted by Gasteiger charge is -2.09. The second-order valence-corrected chi connectivity index (χ2v) is 2.72. The van der Waals surface area contributed by atoms with E-state index in [1.807, 2.05) is 0 Å². The highest BCUT2D eigenvalue weighted by Gasteiger charge is 2.08. The highest BCUT2D eigenvalue weighted by molar-refractivity contribution is 7.82. The molecule has 1 aromatic heterocycles. The van der Waals surface area contributed by atoms with Crippen LogP contribution in [0.3, 0.4) is 0 Å². The molecule has 64 valence electrons. The Kier molecular flexibility index (Phi) is 2.78. The van der Waals surface area contributed by atoms with Crippen LogP contribution < -0.4 is 4.31 Å². The van der Waals surface area contributed by atoms with Crippen LogP contribution in [0.4, 0.5) is 10.5 Å². The van der Waals surface area contributed by atoms with E-state index in [4.69, 9.17) is 16.7 Å². The molecule has 1 heterocycles. The Morgan fingerprint density at radius 1 is 1.67 bits per heavy atom. The number of halogens is 1. The zero-order chi connectivity index (χ0) is 9.14. The normalized spacial score (nSPS) is 9.50. The molecule has 0 bridgehead atoms. The quantitative estimate of drug-likeness (QED) is 0.544. The Labute approximate surface area is 79.3 Å². The Morgan fingerprint density at radius 3 is 2.75 bits per heavy atom. The number of carbonyl (C=O) groups is 1. The summed E-state index contributed by atoms with van der Waals surface area (Å²) in [5, 5.41) is 8.80. The molecular formula is C6H5ClN2O2S. The van der Waals surface area contributed by atoms with Gasteiger partial charge in [-0.3, -0.25) is 0 Å². The van der Waals surface area contributed by atoms with Crippen molar-refractivity contribution in [3.63, 3.8) is 0 Å². The van der Waals surface area contributed by atoms with Crippen molar-refractivity contribution in [2.24, 2.45) is 0 Å². The molecule has 1 N–H and O–H groups in total. The first-order chi connectivity index (χ1) is 5.61. The zero-order valence-electron chi connectivity index (χ0n) is 5.81. The highest BCUT2D eigenvalue weighted by Crippen LogP contribution is 2.16. The number of aromatic nitrogens is 1. The maximum atomic E-state index is 10.4. The third-order valence-electron chi connectivity index (χ3n) is 1.14. The first-order valence-corrected chi connectivity index (χ1v) is 3.72. The summed E-state index contributed by atoms with van der Waals surface area (Å²) in [7, 11) is 0. The van der Waals surface area contributed by atoms with Crippen molar-refractivity contribution < 1.29 is 9.90 Å². The van der Waals surface area contributed by atoms with Gasteiger partial charge in [0.05, 0.1) is 11.9 Å². The second-order valence-electron chi connectivity index (χ2n) is 1.93. The largest absolute Gasteiger partial charge is 0.464 e. The molecule has 4 nitrogen and oxygen atoms in total. The summed E-state index contributed by atoms with van der Waals surface area (Å²) in [6, 6.07) is 3.00. The summed E-state index contributed by atoms with van der Waals surface area (Å²) >= 11 is 9.19. The molecular weight excluding hydrogens is 200 g/mol. The van der Waals surface area contributed by atoms with Crippen molar-refractivity contribution >= 4 is 36.2 Å². The third-order valence-corrected chi connectivity index (χ3v) is 1.76. The number of thiol groups is 1. The molecule has 12 heavy (non-hydrogen) atoms.